The van der Waals surface area contributed by atoms with Gasteiger partial charge in [0.2, 0.25) is 5.91 Å². The number of carbonyl (C=O) groups excluding carboxylic acids is 1. The Labute approximate surface area is 172 Å². The molecule has 29 heavy (non-hydrogen) atoms. The van der Waals surface area contributed by atoms with Crippen LogP contribution >= 0.6 is 11.6 Å². The number of methoxy groups -OCH3 is 2. The number of hydrazone groups is 1. The van der Waals surface area contributed by atoms with E-state index in [0.717, 1.165) is 10.9 Å². The molecule has 0 N–H and O–H groups in total. The van der Waals surface area contributed by atoms with E-state index in [0.29, 0.717) is 46.5 Å². The van der Waals surface area contributed by atoms with E-state index in [2.05, 4.69) is 10.1 Å². The Balaban J connectivity index is 1.79. The number of benzene rings is 1. The van der Waals surface area contributed by atoms with Crippen molar-refractivity contribution in [1.29, 1.82) is 0 Å². The molecule has 8 heteroatoms. The van der Waals surface area contributed by atoms with E-state index in [1.165, 1.54) is 5.01 Å². The average molecular weight is 414 g/mol. The molecule has 0 saturated carbocycles. The summed E-state index contributed by atoms with van der Waals surface area (Å²) in [7, 11) is 3.15. The third-order valence-electron chi connectivity index (χ3n) is 4.93. The van der Waals surface area contributed by atoms with E-state index in [1.54, 1.807) is 39.5 Å². The van der Waals surface area contributed by atoms with Crippen LogP contribution in [0, 0.1) is 0 Å². The number of furan rings is 1. The number of fused-ring (bicyclic) bond motifs is 1. The molecule has 0 aliphatic carbocycles. The molecule has 0 saturated heterocycles. The predicted molar refractivity (Wildman–Crippen MR) is 110 cm³/mol. The molecule has 0 radical (unpaired) electrons. The Morgan fingerprint density at radius 1 is 1.28 bits per heavy atom. The smallest absolute Gasteiger partial charge is 0.242 e. The second-order valence-corrected chi connectivity index (χ2v) is 6.96. The maximum absolute atomic E-state index is 12.6. The van der Waals surface area contributed by atoms with Crippen molar-refractivity contribution in [2.24, 2.45) is 5.10 Å². The van der Waals surface area contributed by atoms with Crippen molar-refractivity contribution in [3.05, 3.63) is 53.1 Å². The topological polar surface area (TPSA) is 77.2 Å². The number of amides is 1. The molecule has 0 fully saturated rings. The van der Waals surface area contributed by atoms with Crippen molar-refractivity contribution >= 4 is 34.1 Å². The van der Waals surface area contributed by atoms with Gasteiger partial charge in [0, 0.05) is 29.9 Å². The number of carbonyl (C=O) groups is 1. The number of pyridine rings is 1. The molecule has 3 heterocycles. The first-order valence-corrected chi connectivity index (χ1v) is 9.59. The first kappa shape index (κ1) is 19.3. The van der Waals surface area contributed by atoms with E-state index in [9.17, 15) is 4.79 Å². The summed E-state index contributed by atoms with van der Waals surface area (Å²) in [4.78, 5) is 17.1. The molecule has 7 nitrogen and oxygen atoms in total. The van der Waals surface area contributed by atoms with Gasteiger partial charge in [-0.15, -0.1) is 0 Å². The summed E-state index contributed by atoms with van der Waals surface area (Å²) in [6.45, 7) is 1.80. The third kappa shape index (κ3) is 3.42. The number of hydrogen-bond acceptors (Lipinski definition) is 6. The van der Waals surface area contributed by atoms with Gasteiger partial charge in [0.05, 0.1) is 32.0 Å². The molecule has 150 valence electrons. The van der Waals surface area contributed by atoms with Crippen LogP contribution in [0.2, 0.25) is 5.15 Å². The van der Waals surface area contributed by atoms with Gasteiger partial charge >= 0.3 is 0 Å². The number of halogens is 1. The van der Waals surface area contributed by atoms with Crippen LogP contribution in [-0.4, -0.2) is 35.8 Å². The summed E-state index contributed by atoms with van der Waals surface area (Å²) < 4.78 is 16.2. The van der Waals surface area contributed by atoms with Gasteiger partial charge < -0.3 is 13.9 Å². The molecular formula is C21H20ClN3O4. The van der Waals surface area contributed by atoms with E-state index in [-0.39, 0.29) is 11.9 Å². The molecule has 1 atom stereocenters. The van der Waals surface area contributed by atoms with Crippen LogP contribution in [0.1, 0.15) is 37.1 Å². The summed E-state index contributed by atoms with van der Waals surface area (Å²) in [5, 5.41) is 7.15. The van der Waals surface area contributed by atoms with Crippen molar-refractivity contribution < 1.29 is 18.7 Å². The summed E-state index contributed by atoms with van der Waals surface area (Å²) in [6.07, 6.45) is 2.40. The van der Waals surface area contributed by atoms with Crippen LogP contribution in [0.4, 0.5) is 0 Å². The number of hydrogen-bond donors (Lipinski definition) is 0. The van der Waals surface area contributed by atoms with Crippen LogP contribution in [-0.2, 0) is 4.79 Å². The van der Waals surface area contributed by atoms with E-state index in [4.69, 9.17) is 25.5 Å². The molecule has 1 aliphatic heterocycles. The van der Waals surface area contributed by atoms with E-state index in [1.807, 2.05) is 18.2 Å². The van der Waals surface area contributed by atoms with Gasteiger partial charge in [0.15, 0.2) is 11.5 Å². The number of nitrogens with zero attached hydrogens (tertiary/aromatic N) is 3. The van der Waals surface area contributed by atoms with Crippen molar-refractivity contribution in [3.63, 3.8) is 0 Å². The molecular weight excluding hydrogens is 394 g/mol. The van der Waals surface area contributed by atoms with Gasteiger partial charge in [-0.3, -0.25) is 4.79 Å². The van der Waals surface area contributed by atoms with Crippen molar-refractivity contribution in [2.75, 3.05) is 14.2 Å². The Bertz CT molecular complexity index is 1090. The molecule has 1 unspecified atom stereocenters. The van der Waals surface area contributed by atoms with Gasteiger partial charge in [-0.05, 0) is 24.3 Å². The monoisotopic (exact) mass is 413 g/mol. The Morgan fingerprint density at radius 3 is 2.69 bits per heavy atom. The third-order valence-corrected chi connectivity index (χ3v) is 5.24. The fraction of sp³-hybridized carbons (Fsp3) is 0.286. The lowest BCUT2D eigenvalue weighted by Crippen LogP contribution is -2.26. The van der Waals surface area contributed by atoms with Gasteiger partial charge in [-0.2, -0.15) is 5.10 Å². The molecule has 0 bridgehead atoms. The molecule has 1 aromatic carbocycles. The zero-order valence-corrected chi connectivity index (χ0v) is 17.1. The van der Waals surface area contributed by atoms with Gasteiger partial charge in [-0.1, -0.05) is 18.5 Å². The Kier molecular flexibility index (Phi) is 5.15. The zero-order valence-electron chi connectivity index (χ0n) is 16.3. The first-order chi connectivity index (χ1) is 14.0. The summed E-state index contributed by atoms with van der Waals surface area (Å²) in [5.74, 6) is 1.71. The summed E-state index contributed by atoms with van der Waals surface area (Å²) in [6, 6.07) is 8.80. The highest BCUT2D eigenvalue weighted by atomic mass is 35.5. The number of rotatable bonds is 5. The SMILES string of the molecule is CCC(=O)N1N=C(c2ccco2)CC1c1cc2cc(OC)c(OC)cc2nc1Cl. The quantitative estimate of drug-likeness (QED) is 0.572. The first-order valence-electron chi connectivity index (χ1n) is 9.21. The van der Waals surface area contributed by atoms with Crippen molar-refractivity contribution in [1.82, 2.24) is 9.99 Å². The van der Waals surface area contributed by atoms with E-state index < -0.39 is 0 Å². The molecule has 4 rings (SSSR count). The highest BCUT2D eigenvalue weighted by Crippen LogP contribution is 2.39. The lowest BCUT2D eigenvalue weighted by molar-refractivity contribution is -0.132. The summed E-state index contributed by atoms with van der Waals surface area (Å²) in [5.41, 5.74) is 2.10. The van der Waals surface area contributed by atoms with Gasteiger partial charge in [-0.25, -0.2) is 9.99 Å². The normalized spacial score (nSPS) is 16.2. The van der Waals surface area contributed by atoms with Crippen LogP contribution in [0.3, 0.4) is 0 Å². The average Bonchev–Trinajstić information content (AvgIpc) is 3.41. The largest absolute Gasteiger partial charge is 0.493 e. The number of aromatic nitrogens is 1. The minimum absolute atomic E-state index is 0.0972. The zero-order chi connectivity index (χ0) is 20.5. The van der Waals surface area contributed by atoms with Crippen LogP contribution in [0.5, 0.6) is 11.5 Å². The number of ether oxygens (including phenoxy) is 2. The van der Waals surface area contributed by atoms with Gasteiger partial charge in [0.25, 0.3) is 0 Å². The lowest BCUT2D eigenvalue weighted by atomic mass is 10.0. The standard InChI is InChI=1S/C21H20ClN3O4/c1-4-20(26)25-16(10-15(24-25)17-6-5-7-29-17)13-8-12-9-18(27-2)19(28-3)11-14(12)23-21(13)22/h5-9,11,16H,4,10H2,1-3H3. The Morgan fingerprint density at radius 2 is 2.03 bits per heavy atom. The molecule has 1 aliphatic rings. The second-order valence-electron chi connectivity index (χ2n) is 6.60. The van der Waals surface area contributed by atoms with Gasteiger partial charge in [0.1, 0.15) is 16.6 Å². The van der Waals surface area contributed by atoms with Crippen LogP contribution in [0.25, 0.3) is 10.9 Å². The molecule has 2 aromatic heterocycles. The fourth-order valence-electron chi connectivity index (χ4n) is 3.46. The second kappa shape index (κ2) is 7.75. The minimum Gasteiger partial charge on any atom is -0.493 e. The van der Waals surface area contributed by atoms with E-state index >= 15 is 0 Å². The highest BCUT2D eigenvalue weighted by molar-refractivity contribution is 6.30. The Hall–Kier alpha value is -3.06. The van der Waals surface area contributed by atoms with Crippen molar-refractivity contribution in [3.8, 4) is 11.5 Å². The highest BCUT2D eigenvalue weighted by Gasteiger charge is 2.35. The van der Waals surface area contributed by atoms with Crippen LogP contribution in [0.15, 0.2) is 46.1 Å². The minimum atomic E-state index is -0.361. The molecule has 0 spiro atoms. The predicted octanol–water partition coefficient (Wildman–Crippen LogP) is 4.59. The maximum Gasteiger partial charge on any atom is 0.242 e. The maximum atomic E-state index is 12.6. The van der Waals surface area contributed by atoms with Crippen molar-refractivity contribution in [2.45, 2.75) is 25.8 Å². The molecule has 1 amide bonds. The molecule has 3 aromatic rings. The van der Waals surface area contributed by atoms with Crippen LogP contribution < -0.4 is 9.47 Å². The lowest BCUT2D eigenvalue weighted by Gasteiger charge is -2.22. The summed E-state index contributed by atoms with van der Waals surface area (Å²) >= 11 is 6.54. The fourth-order valence-corrected chi connectivity index (χ4v) is 3.74.